The molecule has 80 valence electrons. The number of aliphatic carboxylic acids is 1. The molecule has 1 fully saturated rings. The fourth-order valence-corrected chi connectivity index (χ4v) is 2.14. The van der Waals surface area contributed by atoms with Gasteiger partial charge in [-0.3, -0.25) is 9.69 Å². The van der Waals surface area contributed by atoms with Gasteiger partial charge in [0.25, 0.3) is 0 Å². The zero-order valence-electron chi connectivity index (χ0n) is 8.37. The second-order valence-electron chi connectivity index (χ2n) is 3.82. The van der Waals surface area contributed by atoms with Crippen LogP contribution in [0, 0.1) is 5.92 Å². The number of carboxylic acids is 1. The van der Waals surface area contributed by atoms with Gasteiger partial charge in [-0.05, 0) is 26.3 Å². The fourth-order valence-electron chi connectivity index (χ4n) is 1.99. The minimum Gasteiger partial charge on any atom is -0.481 e. The first kappa shape index (κ1) is 11.5. The van der Waals surface area contributed by atoms with Gasteiger partial charge in [0.05, 0.1) is 5.92 Å². The summed E-state index contributed by atoms with van der Waals surface area (Å²) in [5.41, 5.74) is 0. The smallest absolute Gasteiger partial charge is 0.308 e. The Morgan fingerprint density at radius 2 is 2.36 bits per heavy atom. The maximum absolute atomic E-state index is 10.9. The summed E-state index contributed by atoms with van der Waals surface area (Å²) in [6.07, 6.45) is 1.69. The summed E-state index contributed by atoms with van der Waals surface area (Å²) in [6.45, 7) is 7.08. The lowest BCUT2D eigenvalue weighted by molar-refractivity contribution is -0.145. The third-order valence-electron chi connectivity index (χ3n) is 2.81. The number of halogens is 1. The van der Waals surface area contributed by atoms with E-state index in [1.165, 1.54) is 0 Å². The molecular formula is C10H16ClNO2. The molecule has 0 radical (unpaired) electrons. The van der Waals surface area contributed by atoms with Crippen molar-refractivity contribution in [1.82, 2.24) is 4.90 Å². The number of likely N-dealkylation sites (tertiary alicyclic amines) is 1. The van der Waals surface area contributed by atoms with Gasteiger partial charge in [-0.2, -0.15) is 0 Å². The van der Waals surface area contributed by atoms with E-state index in [0.717, 1.165) is 19.4 Å². The summed E-state index contributed by atoms with van der Waals surface area (Å²) in [7, 11) is 0. The van der Waals surface area contributed by atoms with Gasteiger partial charge in [-0.1, -0.05) is 18.2 Å². The molecule has 0 amide bonds. The number of carbonyl (C=O) groups is 1. The monoisotopic (exact) mass is 217 g/mol. The van der Waals surface area contributed by atoms with E-state index >= 15 is 0 Å². The van der Waals surface area contributed by atoms with E-state index in [-0.39, 0.29) is 12.0 Å². The molecule has 4 heteroatoms. The molecule has 0 aromatic carbocycles. The number of carboxylic acid groups (broad SMARTS) is 1. The van der Waals surface area contributed by atoms with Crippen molar-refractivity contribution in [2.75, 3.05) is 13.1 Å². The number of nitrogens with zero attached hydrogens (tertiary/aromatic N) is 1. The van der Waals surface area contributed by atoms with Crippen molar-refractivity contribution >= 4 is 17.6 Å². The van der Waals surface area contributed by atoms with Crippen molar-refractivity contribution in [2.45, 2.75) is 25.8 Å². The highest BCUT2D eigenvalue weighted by Crippen LogP contribution is 2.24. The van der Waals surface area contributed by atoms with Crippen LogP contribution in [0.5, 0.6) is 0 Å². The molecular weight excluding hydrogens is 202 g/mol. The summed E-state index contributed by atoms with van der Waals surface area (Å²) in [5, 5.41) is 9.55. The van der Waals surface area contributed by atoms with E-state index in [1.807, 2.05) is 6.92 Å². The highest BCUT2D eigenvalue weighted by atomic mass is 35.5. The Balaban J connectivity index is 2.61. The normalized spacial score (nSPS) is 28.7. The van der Waals surface area contributed by atoms with Gasteiger partial charge in [-0.15, -0.1) is 0 Å². The molecule has 0 bridgehead atoms. The number of rotatable bonds is 3. The van der Waals surface area contributed by atoms with E-state index in [4.69, 9.17) is 16.7 Å². The second kappa shape index (κ2) is 4.80. The van der Waals surface area contributed by atoms with E-state index in [2.05, 4.69) is 11.5 Å². The molecule has 0 spiro atoms. The van der Waals surface area contributed by atoms with Crippen LogP contribution in [0.15, 0.2) is 11.6 Å². The maximum Gasteiger partial charge on any atom is 0.308 e. The van der Waals surface area contributed by atoms with Crippen molar-refractivity contribution in [2.24, 2.45) is 5.92 Å². The lowest BCUT2D eigenvalue weighted by atomic mass is 9.90. The quantitative estimate of drug-likeness (QED) is 0.786. The Labute approximate surface area is 89.3 Å². The minimum atomic E-state index is -0.706. The van der Waals surface area contributed by atoms with Gasteiger partial charge in [-0.25, -0.2) is 0 Å². The van der Waals surface area contributed by atoms with Crippen LogP contribution in [-0.4, -0.2) is 35.1 Å². The van der Waals surface area contributed by atoms with Crippen LogP contribution in [-0.2, 0) is 4.79 Å². The van der Waals surface area contributed by atoms with E-state index in [9.17, 15) is 4.79 Å². The third kappa shape index (κ3) is 2.72. The lowest BCUT2D eigenvalue weighted by Gasteiger charge is -2.37. The molecule has 0 aromatic heterocycles. The molecule has 14 heavy (non-hydrogen) atoms. The van der Waals surface area contributed by atoms with E-state index < -0.39 is 5.97 Å². The average molecular weight is 218 g/mol. The SMILES string of the molecule is C=C(Cl)CN1CCCC(C(=O)O)C1C. The molecule has 2 unspecified atom stereocenters. The molecule has 1 rings (SSSR count). The first-order valence-electron chi connectivity index (χ1n) is 4.82. The molecule has 0 saturated carbocycles. The maximum atomic E-state index is 10.9. The van der Waals surface area contributed by atoms with Gasteiger partial charge in [0.1, 0.15) is 0 Å². The van der Waals surface area contributed by atoms with E-state index in [1.54, 1.807) is 0 Å². The number of hydrogen-bond acceptors (Lipinski definition) is 2. The Morgan fingerprint density at radius 1 is 1.71 bits per heavy atom. The fraction of sp³-hybridized carbons (Fsp3) is 0.700. The molecule has 1 saturated heterocycles. The molecule has 0 aromatic rings. The third-order valence-corrected chi connectivity index (χ3v) is 2.93. The minimum absolute atomic E-state index is 0.0525. The van der Waals surface area contributed by atoms with E-state index in [0.29, 0.717) is 11.6 Å². The van der Waals surface area contributed by atoms with Crippen LogP contribution in [0.4, 0.5) is 0 Å². The molecule has 1 aliphatic rings. The Bertz CT molecular complexity index is 242. The van der Waals surface area contributed by atoms with Crippen molar-refractivity contribution in [3.8, 4) is 0 Å². The summed E-state index contributed by atoms with van der Waals surface area (Å²) in [6, 6.07) is 0.0525. The molecule has 1 aliphatic heterocycles. The number of hydrogen-bond donors (Lipinski definition) is 1. The largest absolute Gasteiger partial charge is 0.481 e. The predicted octanol–water partition coefficient (Wildman–Crippen LogP) is 1.92. The van der Waals surface area contributed by atoms with Crippen LogP contribution in [0.1, 0.15) is 19.8 Å². The molecule has 3 nitrogen and oxygen atoms in total. The van der Waals surface area contributed by atoms with Crippen molar-refractivity contribution in [1.29, 1.82) is 0 Å². The first-order valence-corrected chi connectivity index (χ1v) is 5.20. The van der Waals surface area contributed by atoms with Crippen LogP contribution in [0.2, 0.25) is 0 Å². The highest BCUT2D eigenvalue weighted by molar-refractivity contribution is 6.29. The topological polar surface area (TPSA) is 40.5 Å². The zero-order chi connectivity index (χ0) is 10.7. The molecule has 1 heterocycles. The van der Waals surface area contributed by atoms with Crippen LogP contribution in [0.25, 0.3) is 0 Å². The number of piperidine rings is 1. The standard InChI is InChI=1S/C10H16ClNO2/c1-7(11)6-12-5-3-4-9(8(12)2)10(13)14/h8-9H,1,3-6H2,2H3,(H,13,14). The van der Waals surface area contributed by atoms with Crippen molar-refractivity contribution < 1.29 is 9.90 Å². The van der Waals surface area contributed by atoms with Crippen LogP contribution < -0.4 is 0 Å². The molecule has 2 atom stereocenters. The second-order valence-corrected chi connectivity index (χ2v) is 4.35. The Hall–Kier alpha value is -0.540. The molecule has 1 N–H and O–H groups in total. The Morgan fingerprint density at radius 3 is 2.86 bits per heavy atom. The van der Waals surface area contributed by atoms with Crippen LogP contribution in [0.3, 0.4) is 0 Å². The van der Waals surface area contributed by atoms with Crippen LogP contribution >= 0.6 is 11.6 Å². The summed E-state index contributed by atoms with van der Waals surface area (Å²) < 4.78 is 0. The van der Waals surface area contributed by atoms with Crippen molar-refractivity contribution in [3.63, 3.8) is 0 Å². The summed E-state index contributed by atoms with van der Waals surface area (Å²) in [5.74, 6) is -0.970. The first-order chi connectivity index (χ1) is 6.52. The zero-order valence-corrected chi connectivity index (χ0v) is 9.13. The lowest BCUT2D eigenvalue weighted by Crippen LogP contribution is -2.46. The Kier molecular flexibility index (Phi) is 3.96. The molecule has 0 aliphatic carbocycles. The van der Waals surface area contributed by atoms with Gasteiger partial charge in [0, 0.05) is 17.6 Å². The van der Waals surface area contributed by atoms with Gasteiger partial charge in [0.2, 0.25) is 0 Å². The van der Waals surface area contributed by atoms with Crippen molar-refractivity contribution in [3.05, 3.63) is 11.6 Å². The van der Waals surface area contributed by atoms with Gasteiger partial charge < -0.3 is 5.11 Å². The summed E-state index contributed by atoms with van der Waals surface area (Å²) in [4.78, 5) is 13.0. The van der Waals surface area contributed by atoms with Gasteiger partial charge >= 0.3 is 5.97 Å². The average Bonchev–Trinajstić information content (AvgIpc) is 2.07. The predicted molar refractivity (Wildman–Crippen MR) is 56.4 cm³/mol. The summed E-state index contributed by atoms with van der Waals surface area (Å²) >= 11 is 5.72. The van der Waals surface area contributed by atoms with Gasteiger partial charge in [0.15, 0.2) is 0 Å². The highest BCUT2D eigenvalue weighted by Gasteiger charge is 2.32.